The van der Waals surface area contributed by atoms with Crippen molar-refractivity contribution in [2.45, 2.75) is 13.1 Å². The lowest BCUT2D eigenvalue weighted by Gasteiger charge is -2.08. The van der Waals surface area contributed by atoms with Gasteiger partial charge in [-0.15, -0.1) is 0 Å². The molecular formula is C9H7ClF3NO2. The van der Waals surface area contributed by atoms with E-state index in [-0.39, 0.29) is 12.2 Å². The van der Waals surface area contributed by atoms with E-state index in [0.29, 0.717) is 0 Å². The Morgan fingerprint density at radius 1 is 1.56 bits per heavy atom. The molecule has 3 nitrogen and oxygen atoms in total. The predicted octanol–water partition coefficient (Wildman–Crippen LogP) is 2.93. The van der Waals surface area contributed by atoms with Gasteiger partial charge < -0.3 is 4.74 Å². The normalized spacial score (nSPS) is 11.3. The SMILES string of the molecule is CCOC(=O)c1cnc(C(F)(F)F)c(Cl)c1. The summed E-state index contributed by atoms with van der Waals surface area (Å²) in [6.45, 7) is 1.70. The molecule has 0 saturated heterocycles. The second kappa shape index (κ2) is 4.69. The number of esters is 1. The second-order valence-corrected chi connectivity index (χ2v) is 3.18. The van der Waals surface area contributed by atoms with Crippen molar-refractivity contribution < 1.29 is 22.7 Å². The van der Waals surface area contributed by atoms with Crippen molar-refractivity contribution in [2.24, 2.45) is 0 Å². The molecule has 1 heterocycles. The van der Waals surface area contributed by atoms with Crippen LogP contribution in [0.5, 0.6) is 0 Å². The zero-order chi connectivity index (χ0) is 12.3. The maximum atomic E-state index is 12.3. The van der Waals surface area contributed by atoms with Crippen LogP contribution in [0.1, 0.15) is 23.0 Å². The quantitative estimate of drug-likeness (QED) is 0.761. The highest BCUT2D eigenvalue weighted by atomic mass is 35.5. The first-order valence-corrected chi connectivity index (χ1v) is 4.64. The van der Waals surface area contributed by atoms with Gasteiger partial charge in [-0.05, 0) is 13.0 Å². The summed E-state index contributed by atoms with van der Waals surface area (Å²) in [5.41, 5.74) is -1.33. The summed E-state index contributed by atoms with van der Waals surface area (Å²) in [6.07, 6.45) is -3.85. The summed E-state index contributed by atoms with van der Waals surface area (Å²) in [5.74, 6) is -0.759. The van der Waals surface area contributed by atoms with Crippen LogP contribution in [0.3, 0.4) is 0 Å². The molecule has 0 fully saturated rings. The molecule has 0 N–H and O–H groups in total. The largest absolute Gasteiger partial charge is 0.462 e. The molecular weight excluding hydrogens is 247 g/mol. The van der Waals surface area contributed by atoms with Gasteiger partial charge in [0.25, 0.3) is 0 Å². The average molecular weight is 254 g/mol. The molecule has 0 aliphatic rings. The van der Waals surface area contributed by atoms with Gasteiger partial charge in [-0.25, -0.2) is 9.78 Å². The predicted molar refractivity (Wildman–Crippen MR) is 50.2 cm³/mol. The Balaban J connectivity index is 3.05. The number of carbonyl (C=O) groups excluding carboxylic acids is 1. The van der Waals surface area contributed by atoms with Crippen molar-refractivity contribution in [3.8, 4) is 0 Å². The molecule has 0 aliphatic heterocycles. The fourth-order valence-corrected chi connectivity index (χ4v) is 1.25. The number of hydrogen-bond acceptors (Lipinski definition) is 3. The third-order valence-corrected chi connectivity index (χ3v) is 1.91. The van der Waals surface area contributed by atoms with Gasteiger partial charge >= 0.3 is 12.1 Å². The number of rotatable bonds is 2. The van der Waals surface area contributed by atoms with Crippen LogP contribution in [-0.4, -0.2) is 17.6 Å². The Morgan fingerprint density at radius 2 is 2.19 bits per heavy atom. The van der Waals surface area contributed by atoms with Crippen LogP contribution in [0.2, 0.25) is 5.02 Å². The van der Waals surface area contributed by atoms with Gasteiger partial charge in [0.05, 0.1) is 17.2 Å². The molecule has 0 atom stereocenters. The van der Waals surface area contributed by atoms with Gasteiger partial charge in [0.15, 0.2) is 5.69 Å². The van der Waals surface area contributed by atoms with Crippen molar-refractivity contribution in [3.63, 3.8) is 0 Å². The molecule has 0 radical (unpaired) electrons. The van der Waals surface area contributed by atoms with E-state index in [0.717, 1.165) is 12.3 Å². The van der Waals surface area contributed by atoms with Crippen molar-refractivity contribution in [3.05, 3.63) is 28.5 Å². The zero-order valence-electron chi connectivity index (χ0n) is 8.14. The molecule has 1 rings (SSSR count). The minimum absolute atomic E-state index is 0.111. The van der Waals surface area contributed by atoms with Crippen LogP contribution in [0.25, 0.3) is 0 Å². The number of hydrogen-bond donors (Lipinski definition) is 0. The molecule has 16 heavy (non-hydrogen) atoms. The highest BCUT2D eigenvalue weighted by molar-refractivity contribution is 6.31. The average Bonchev–Trinajstić information content (AvgIpc) is 2.16. The molecule has 0 amide bonds. The molecule has 0 aliphatic carbocycles. The third kappa shape index (κ3) is 2.85. The van der Waals surface area contributed by atoms with Gasteiger partial charge in [0.1, 0.15) is 0 Å². The van der Waals surface area contributed by atoms with Crippen LogP contribution in [0.4, 0.5) is 13.2 Å². The smallest absolute Gasteiger partial charge is 0.434 e. The third-order valence-electron chi connectivity index (χ3n) is 1.62. The summed E-state index contributed by atoms with van der Waals surface area (Å²) >= 11 is 5.37. The maximum absolute atomic E-state index is 12.3. The summed E-state index contributed by atoms with van der Waals surface area (Å²) < 4.78 is 41.4. The van der Waals surface area contributed by atoms with Gasteiger partial charge in [-0.2, -0.15) is 13.2 Å². The maximum Gasteiger partial charge on any atom is 0.434 e. The molecule has 88 valence electrons. The minimum atomic E-state index is -4.63. The number of pyridine rings is 1. The Morgan fingerprint density at radius 3 is 2.62 bits per heavy atom. The summed E-state index contributed by atoms with van der Waals surface area (Å²) in [4.78, 5) is 14.3. The van der Waals surface area contributed by atoms with Crippen molar-refractivity contribution in [2.75, 3.05) is 6.61 Å². The van der Waals surface area contributed by atoms with Crippen molar-refractivity contribution in [1.29, 1.82) is 0 Å². The van der Waals surface area contributed by atoms with E-state index in [2.05, 4.69) is 9.72 Å². The molecule has 0 saturated carbocycles. The van der Waals surface area contributed by atoms with Gasteiger partial charge in [-0.3, -0.25) is 0 Å². The van der Waals surface area contributed by atoms with Crippen LogP contribution in [0, 0.1) is 0 Å². The standard InChI is InChI=1S/C9H7ClF3NO2/c1-2-16-8(15)5-3-6(10)7(14-4-5)9(11,12)13/h3-4H,2H2,1H3. The van der Waals surface area contributed by atoms with Crippen molar-refractivity contribution >= 4 is 17.6 Å². The summed E-state index contributed by atoms with van der Waals surface area (Å²) in [6, 6.07) is 0.884. The van der Waals surface area contributed by atoms with E-state index in [1.54, 1.807) is 6.92 Å². The van der Waals surface area contributed by atoms with Crippen LogP contribution >= 0.6 is 11.6 Å². The molecule has 0 aromatic carbocycles. The first-order valence-electron chi connectivity index (χ1n) is 4.26. The molecule has 1 aromatic heterocycles. The van der Waals surface area contributed by atoms with Crippen LogP contribution < -0.4 is 0 Å². The number of aromatic nitrogens is 1. The number of ether oxygens (including phenoxy) is 1. The first kappa shape index (κ1) is 12.8. The van der Waals surface area contributed by atoms with E-state index in [1.807, 2.05) is 0 Å². The minimum Gasteiger partial charge on any atom is -0.462 e. The van der Waals surface area contributed by atoms with Gasteiger partial charge in [0, 0.05) is 6.20 Å². The Labute approximate surface area is 94.2 Å². The fourth-order valence-electron chi connectivity index (χ4n) is 0.973. The molecule has 0 spiro atoms. The van der Waals surface area contributed by atoms with E-state index >= 15 is 0 Å². The second-order valence-electron chi connectivity index (χ2n) is 2.77. The summed E-state index contributed by atoms with van der Waals surface area (Å²) in [7, 11) is 0. The number of carbonyl (C=O) groups is 1. The monoisotopic (exact) mass is 253 g/mol. The molecule has 7 heteroatoms. The number of alkyl halides is 3. The van der Waals surface area contributed by atoms with Gasteiger partial charge in [0.2, 0.25) is 0 Å². The lowest BCUT2D eigenvalue weighted by atomic mass is 10.2. The van der Waals surface area contributed by atoms with Crippen LogP contribution in [-0.2, 0) is 10.9 Å². The Kier molecular flexibility index (Phi) is 3.74. The topological polar surface area (TPSA) is 39.2 Å². The molecule has 0 bridgehead atoms. The van der Waals surface area contributed by atoms with Crippen LogP contribution in [0.15, 0.2) is 12.3 Å². The Hall–Kier alpha value is -1.30. The highest BCUT2D eigenvalue weighted by Gasteiger charge is 2.35. The van der Waals surface area contributed by atoms with E-state index in [4.69, 9.17) is 11.6 Å². The summed E-state index contributed by atoms with van der Waals surface area (Å²) in [5, 5.41) is -0.627. The van der Waals surface area contributed by atoms with E-state index < -0.39 is 22.9 Å². The van der Waals surface area contributed by atoms with Gasteiger partial charge in [-0.1, -0.05) is 11.6 Å². The Bertz CT molecular complexity index is 406. The van der Waals surface area contributed by atoms with E-state index in [1.165, 1.54) is 0 Å². The fraction of sp³-hybridized carbons (Fsp3) is 0.333. The van der Waals surface area contributed by atoms with Crippen molar-refractivity contribution in [1.82, 2.24) is 4.98 Å². The molecule has 1 aromatic rings. The van der Waals surface area contributed by atoms with E-state index in [9.17, 15) is 18.0 Å². The first-order chi connectivity index (χ1) is 7.36. The highest BCUT2D eigenvalue weighted by Crippen LogP contribution is 2.33. The lowest BCUT2D eigenvalue weighted by Crippen LogP contribution is -2.11. The molecule has 0 unspecified atom stereocenters. The zero-order valence-corrected chi connectivity index (χ0v) is 8.89. The number of halogens is 4. The lowest BCUT2D eigenvalue weighted by molar-refractivity contribution is -0.141. The number of nitrogens with zero attached hydrogens (tertiary/aromatic N) is 1.